The molecule has 0 unspecified atom stereocenters. The van der Waals surface area contributed by atoms with Crippen LogP contribution in [0.2, 0.25) is 9.36 Å². The molecule has 106 valence electrons. The van der Waals surface area contributed by atoms with Crippen molar-refractivity contribution >= 4 is 46.1 Å². The molecule has 0 aliphatic carbocycles. The first-order chi connectivity index (χ1) is 9.51. The summed E-state index contributed by atoms with van der Waals surface area (Å²) in [4.78, 5) is 15.3. The van der Waals surface area contributed by atoms with Gasteiger partial charge in [0.05, 0.1) is 21.5 Å². The van der Waals surface area contributed by atoms with Gasteiger partial charge in [0.2, 0.25) is 0 Å². The molecule has 0 saturated heterocycles. The Morgan fingerprint density at radius 2 is 2.05 bits per heavy atom. The van der Waals surface area contributed by atoms with Gasteiger partial charge in [0.15, 0.2) is 0 Å². The molecule has 1 heterocycles. The molecule has 2 N–H and O–H groups in total. The first-order valence-corrected chi connectivity index (χ1v) is 7.67. The van der Waals surface area contributed by atoms with Gasteiger partial charge in [-0.05, 0) is 37.3 Å². The Bertz CT molecular complexity index is 627. The van der Waals surface area contributed by atoms with E-state index >= 15 is 0 Å². The van der Waals surface area contributed by atoms with Crippen LogP contribution in [0.15, 0.2) is 30.3 Å². The number of nitrogens with two attached hydrogens (primary N) is 1. The Balaban J connectivity index is 2.22. The van der Waals surface area contributed by atoms with Gasteiger partial charge in [-0.3, -0.25) is 4.79 Å². The van der Waals surface area contributed by atoms with Crippen molar-refractivity contribution in [3.63, 3.8) is 0 Å². The number of nitrogens with zero attached hydrogens (tertiary/aromatic N) is 1. The number of carbonyl (C=O) groups excluding carboxylic acids is 1. The van der Waals surface area contributed by atoms with Crippen LogP contribution in [0.3, 0.4) is 0 Å². The van der Waals surface area contributed by atoms with Crippen LogP contribution in [-0.2, 0) is 6.54 Å². The Hall–Kier alpha value is -1.23. The number of hydrogen-bond acceptors (Lipinski definition) is 3. The number of benzene rings is 1. The van der Waals surface area contributed by atoms with Crippen LogP contribution in [0.1, 0.15) is 22.2 Å². The van der Waals surface area contributed by atoms with Crippen LogP contribution in [0.5, 0.6) is 0 Å². The number of carbonyl (C=O) groups is 1. The van der Waals surface area contributed by atoms with E-state index in [1.165, 1.54) is 11.3 Å². The standard InChI is InChI=1S/C14H14Cl2N2OS/c1-2-18(8-10-4-6-13(16)20-10)14(19)11-7-9(17)3-5-12(11)15/h3-7H,2,8,17H2,1H3. The van der Waals surface area contributed by atoms with E-state index in [1.807, 2.05) is 19.1 Å². The van der Waals surface area contributed by atoms with E-state index < -0.39 is 0 Å². The molecule has 0 aliphatic rings. The Morgan fingerprint density at radius 3 is 2.65 bits per heavy atom. The maximum absolute atomic E-state index is 12.5. The van der Waals surface area contributed by atoms with Gasteiger partial charge in [0.25, 0.3) is 5.91 Å². The second kappa shape index (κ2) is 6.48. The van der Waals surface area contributed by atoms with Crippen LogP contribution < -0.4 is 5.73 Å². The molecule has 0 aliphatic heterocycles. The molecule has 2 aromatic rings. The summed E-state index contributed by atoms with van der Waals surface area (Å²) in [7, 11) is 0. The molecular formula is C14H14Cl2N2OS. The van der Waals surface area contributed by atoms with Gasteiger partial charge < -0.3 is 10.6 Å². The third-order valence-electron chi connectivity index (χ3n) is 2.87. The van der Waals surface area contributed by atoms with Crippen molar-refractivity contribution in [2.24, 2.45) is 0 Å². The third kappa shape index (κ3) is 3.45. The SMILES string of the molecule is CCN(Cc1ccc(Cl)s1)C(=O)c1cc(N)ccc1Cl. The molecule has 1 aromatic heterocycles. The highest BCUT2D eigenvalue weighted by Crippen LogP contribution is 2.25. The summed E-state index contributed by atoms with van der Waals surface area (Å²) in [5.74, 6) is -0.130. The number of anilines is 1. The van der Waals surface area contributed by atoms with E-state index in [0.29, 0.717) is 33.7 Å². The van der Waals surface area contributed by atoms with Crippen molar-refractivity contribution in [3.8, 4) is 0 Å². The monoisotopic (exact) mass is 328 g/mol. The number of halogens is 2. The summed E-state index contributed by atoms with van der Waals surface area (Å²) in [6.45, 7) is 3.02. The summed E-state index contributed by atoms with van der Waals surface area (Å²) in [6, 6.07) is 8.67. The lowest BCUT2D eigenvalue weighted by Gasteiger charge is -2.21. The second-order valence-corrected chi connectivity index (χ2v) is 6.47. The molecule has 3 nitrogen and oxygen atoms in total. The molecule has 1 aromatic carbocycles. The molecule has 0 bridgehead atoms. The summed E-state index contributed by atoms with van der Waals surface area (Å²) in [6.07, 6.45) is 0. The molecular weight excluding hydrogens is 315 g/mol. The second-order valence-electron chi connectivity index (χ2n) is 4.26. The number of amides is 1. The smallest absolute Gasteiger partial charge is 0.255 e. The zero-order chi connectivity index (χ0) is 14.7. The molecule has 6 heteroatoms. The Morgan fingerprint density at radius 1 is 1.30 bits per heavy atom. The molecule has 0 radical (unpaired) electrons. The van der Waals surface area contributed by atoms with Gasteiger partial charge in [-0.1, -0.05) is 23.2 Å². The van der Waals surface area contributed by atoms with Gasteiger partial charge in [-0.2, -0.15) is 0 Å². The molecule has 0 atom stereocenters. The van der Waals surface area contributed by atoms with Crippen LogP contribution in [0, 0.1) is 0 Å². The van der Waals surface area contributed by atoms with E-state index in [0.717, 1.165) is 4.88 Å². The normalized spacial score (nSPS) is 10.6. The minimum atomic E-state index is -0.130. The van der Waals surface area contributed by atoms with Crippen LogP contribution >= 0.6 is 34.5 Å². The van der Waals surface area contributed by atoms with E-state index in [2.05, 4.69) is 0 Å². The minimum absolute atomic E-state index is 0.130. The zero-order valence-corrected chi connectivity index (χ0v) is 13.2. The van der Waals surface area contributed by atoms with Gasteiger partial charge in [0, 0.05) is 17.1 Å². The highest BCUT2D eigenvalue weighted by Gasteiger charge is 2.18. The Labute approximate surface area is 131 Å². The fraction of sp³-hybridized carbons (Fsp3) is 0.214. The van der Waals surface area contributed by atoms with E-state index in [1.54, 1.807) is 23.1 Å². The zero-order valence-electron chi connectivity index (χ0n) is 10.9. The van der Waals surface area contributed by atoms with Crippen LogP contribution in [0.4, 0.5) is 5.69 Å². The largest absolute Gasteiger partial charge is 0.399 e. The van der Waals surface area contributed by atoms with Crippen molar-refractivity contribution in [2.75, 3.05) is 12.3 Å². The lowest BCUT2D eigenvalue weighted by atomic mass is 10.1. The van der Waals surface area contributed by atoms with Gasteiger partial charge in [-0.25, -0.2) is 0 Å². The molecule has 1 amide bonds. The quantitative estimate of drug-likeness (QED) is 0.850. The molecule has 20 heavy (non-hydrogen) atoms. The predicted molar refractivity (Wildman–Crippen MR) is 85.6 cm³/mol. The van der Waals surface area contributed by atoms with Gasteiger partial charge in [-0.15, -0.1) is 11.3 Å². The summed E-state index contributed by atoms with van der Waals surface area (Å²) in [5, 5.41) is 0.409. The van der Waals surface area contributed by atoms with Crippen LogP contribution in [-0.4, -0.2) is 17.4 Å². The lowest BCUT2D eigenvalue weighted by molar-refractivity contribution is 0.0754. The van der Waals surface area contributed by atoms with E-state index in [4.69, 9.17) is 28.9 Å². The van der Waals surface area contributed by atoms with Crippen molar-refractivity contribution in [1.29, 1.82) is 0 Å². The maximum atomic E-state index is 12.5. The van der Waals surface area contributed by atoms with Crippen molar-refractivity contribution in [2.45, 2.75) is 13.5 Å². The van der Waals surface area contributed by atoms with Crippen LogP contribution in [0.25, 0.3) is 0 Å². The van der Waals surface area contributed by atoms with E-state index in [9.17, 15) is 4.79 Å². The minimum Gasteiger partial charge on any atom is -0.399 e. The summed E-state index contributed by atoms with van der Waals surface area (Å²) < 4.78 is 0.713. The van der Waals surface area contributed by atoms with Crippen molar-refractivity contribution < 1.29 is 4.79 Å². The summed E-state index contributed by atoms with van der Waals surface area (Å²) >= 11 is 13.4. The average Bonchev–Trinajstić information content (AvgIpc) is 2.83. The number of thiophene rings is 1. The topological polar surface area (TPSA) is 46.3 Å². The fourth-order valence-corrected chi connectivity index (χ4v) is 3.13. The maximum Gasteiger partial charge on any atom is 0.255 e. The van der Waals surface area contributed by atoms with Gasteiger partial charge in [0.1, 0.15) is 0 Å². The first kappa shape index (κ1) is 15.2. The third-order valence-corrected chi connectivity index (χ3v) is 4.41. The number of rotatable bonds is 4. The first-order valence-electron chi connectivity index (χ1n) is 6.09. The highest BCUT2D eigenvalue weighted by molar-refractivity contribution is 7.16. The number of nitrogen functional groups attached to an aromatic ring is 1. The van der Waals surface area contributed by atoms with Crippen molar-refractivity contribution in [3.05, 3.63) is 50.1 Å². The van der Waals surface area contributed by atoms with Crippen molar-refractivity contribution in [1.82, 2.24) is 4.90 Å². The summed E-state index contributed by atoms with van der Waals surface area (Å²) in [5.41, 5.74) is 6.67. The molecule has 0 fully saturated rings. The predicted octanol–water partition coefficient (Wildman–Crippen LogP) is 4.30. The van der Waals surface area contributed by atoms with Gasteiger partial charge >= 0.3 is 0 Å². The molecule has 0 saturated carbocycles. The molecule has 0 spiro atoms. The fourth-order valence-electron chi connectivity index (χ4n) is 1.83. The average molecular weight is 329 g/mol. The number of hydrogen-bond donors (Lipinski definition) is 1. The van der Waals surface area contributed by atoms with E-state index in [-0.39, 0.29) is 5.91 Å². The lowest BCUT2D eigenvalue weighted by Crippen LogP contribution is -2.30. The molecule has 2 rings (SSSR count). The Kier molecular flexibility index (Phi) is 4.91. The highest BCUT2D eigenvalue weighted by atomic mass is 35.5.